The molecule has 11 heavy (non-hydrogen) atoms. The van der Waals surface area contributed by atoms with Crippen LogP contribution in [0.25, 0.3) is 6.08 Å². The molecule has 0 saturated carbocycles. The van der Waals surface area contributed by atoms with Gasteiger partial charge in [-0.2, -0.15) is 0 Å². The predicted molar refractivity (Wildman–Crippen MR) is 50.8 cm³/mol. The van der Waals surface area contributed by atoms with E-state index in [1.165, 1.54) is 0 Å². The average molecular weight is 213 g/mol. The molecule has 0 aliphatic heterocycles. The van der Waals surface area contributed by atoms with Crippen LogP contribution in [0.2, 0.25) is 0 Å². The molecule has 0 radical (unpaired) electrons. The van der Waals surface area contributed by atoms with E-state index < -0.39 is 0 Å². The molecule has 0 atom stereocenters. The van der Waals surface area contributed by atoms with Gasteiger partial charge in [-0.25, -0.2) is 0 Å². The van der Waals surface area contributed by atoms with Crippen molar-refractivity contribution in [1.29, 1.82) is 0 Å². The maximum absolute atomic E-state index is 9.29. The Morgan fingerprint density at radius 1 is 1.45 bits per heavy atom. The van der Waals surface area contributed by atoms with Crippen molar-refractivity contribution < 1.29 is 5.11 Å². The topological polar surface area (TPSA) is 20.2 Å². The molecule has 0 spiro atoms. The SMILES string of the molecule is Cc1ccc(O)c(/C=C/Br)c1. The van der Waals surface area contributed by atoms with Crippen LogP contribution in [-0.4, -0.2) is 5.11 Å². The first-order valence-corrected chi connectivity index (χ1v) is 4.22. The molecule has 0 aromatic heterocycles. The summed E-state index contributed by atoms with van der Waals surface area (Å²) in [5.74, 6) is 0.311. The standard InChI is InChI=1S/C9H9BrO/c1-7-2-3-9(11)8(6-7)4-5-10/h2-6,11H,1H3/b5-4+. The number of phenolic OH excluding ortho intramolecular Hbond substituents is 1. The smallest absolute Gasteiger partial charge is 0.122 e. The number of benzene rings is 1. The minimum atomic E-state index is 0.311. The molecule has 1 rings (SSSR count). The van der Waals surface area contributed by atoms with E-state index in [0.717, 1.165) is 11.1 Å². The van der Waals surface area contributed by atoms with Gasteiger partial charge in [-0.15, -0.1) is 0 Å². The molecule has 2 heteroatoms. The van der Waals surface area contributed by atoms with E-state index in [2.05, 4.69) is 15.9 Å². The minimum Gasteiger partial charge on any atom is -0.507 e. The van der Waals surface area contributed by atoms with Crippen LogP contribution in [0.4, 0.5) is 0 Å². The van der Waals surface area contributed by atoms with Crippen LogP contribution in [-0.2, 0) is 0 Å². The number of aryl methyl sites for hydroxylation is 1. The summed E-state index contributed by atoms with van der Waals surface area (Å²) in [5.41, 5.74) is 1.98. The van der Waals surface area contributed by atoms with Crippen molar-refractivity contribution in [2.24, 2.45) is 0 Å². The molecule has 1 aromatic carbocycles. The van der Waals surface area contributed by atoms with E-state index in [1.807, 2.05) is 25.1 Å². The van der Waals surface area contributed by atoms with Crippen LogP contribution in [0, 0.1) is 6.92 Å². The summed E-state index contributed by atoms with van der Waals surface area (Å²) >= 11 is 3.15. The van der Waals surface area contributed by atoms with Gasteiger partial charge >= 0.3 is 0 Å². The van der Waals surface area contributed by atoms with Crippen LogP contribution in [0.1, 0.15) is 11.1 Å². The van der Waals surface area contributed by atoms with E-state index in [4.69, 9.17) is 0 Å². The van der Waals surface area contributed by atoms with Crippen LogP contribution in [0.5, 0.6) is 5.75 Å². The molecule has 58 valence electrons. The maximum atomic E-state index is 9.29. The van der Waals surface area contributed by atoms with Crippen LogP contribution < -0.4 is 0 Å². The maximum Gasteiger partial charge on any atom is 0.122 e. The summed E-state index contributed by atoms with van der Waals surface area (Å²) < 4.78 is 0. The van der Waals surface area contributed by atoms with Gasteiger partial charge in [0.25, 0.3) is 0 Å². The lowest BCUT2D eigenvalue weighted by Gasteiger charge is -1.98. The normalized spacial score (nSPS) is 10.7. The Balaban J connectivity index is 3.12. The molecule has 0 unspecified atom stereocenters. The molecule has 1 nitrogen and oxygen atoms in total. The molecular weight excluding hydrogens is 204 g/mol. The highest BCUT2D eigenvalue weighted by Crippen LogP contribution is 2.19. The summed E-state index contributed by atoms with van der Waals surface area (Å²) in [6.45, 7) is 1.99. The third-order valence-corrected chi connectivity index (χ3v) is 1.69. The highest BCUT2D eigenvalue weighted by molar-refractivity contribution is 9.11. The van der Waals surface area contributed by atoms with Gasteiger partial charge in [0, 0.05) is 5.56 Å². The molecule has 0 amide bonds. The number of hydrogen-bond acceptors (Lipinski definition) is 1. The largest absolute Gasteiger partial charge is 0.507 e. The molecule has 0 bridgehead atoms. The first kappa shape index (κ1) is 8.34. The lowest BCUT2D eigenvalue weighted by Crippen LogP contribution is -1.76. The number of halogens is 1. The third kappa shape index (κ3) is 2.09. The van der Waals surface area contributed by atoms with Gasteiger partial charge in [0.05, 0.1) is 0 Å². The average Bonchev–Trinajstić information content (AvgIpc) is 1.98. The highest BCUT2D eigenvalue weighted by Gasteiger charge is 1.95. The van der Waals surface area contributed by atoms with Crippen molar-refractivity contribution >= 4 is 22.0 Å². The Morgan fingerprint density at radius 2 is 2.18 bits per heavy atom. The van der Waals surface area contributed by atoms with Gasteiger partial charge in [-0.3, -0.25) is 0 Å². The first-order valence-electron chi connectivity index (χ1n) is 3.30. The lowest BCUT2D eigenvalue weighted by molar-refractivity contribution is 0.474. The van der Waals surface area contributed by atoms with Gasteiger partial charge in [-0.1, -0.05) is 27.6 Å². The van der Waals surface area contributed by atoms with Crippen molar-refractivity contribution in [2.45, 2.75) is 6.92 Å². The van der Waals surface area contributed by atoms with Crippen LogP contribution in [0.15, 0.2) is 23.2 Å². The highest BCUT2D eigenvalue weighted by atomic mass is 79.9. The fraction of sp³-hybridized carbons (Fsp3) is 0.111. The second kappa shape index (κ2) is 3.58. The van der Waals surface area contributed by atoms with Crippen molar-refractivity contribution in [3.8, 4) is 5.75 Å². The van der Waals surface area contributed by atoms with Crippen LogP contribution >= 0.6 is 15.9 Å². The predicted octanol–water partition coefficient (Wildman–Crippen LogP) is 3.07. The Labute approximate surface area is 74.5 Å². The quantitative estimate of drug-likeness (QED) is 0.759. The summed E-state index contributed by atoms with van der Waals surface area (Å²) in [7, 11) is 0. The van der Waals surface area contributed by atoms with Crippen molar-refractivity contribution in [3.63, 3.8) is 0 Å². The number of rotatable bonds is 1. The molecule has 1 N–H and O–H groups in total. The van der Waals surface area contributed by atoms with Crippen molar-refractivity contribution in [3.05, 3.63) is 34.3 Å². The number of aromatic hydroxyl groups is 1. The molecule has 0 saturated heterocycles. The molecule has 0 fully saturated rings. The van der Waals surface area contributed by atoms with Gasteiger partial charge in [0.2, 0.25) is 0 Å². The van der Waals surface area contributed by atoms with E-state index in [9.17, 15) is 5.11 Å². The second-order valence-corrected chi connectivity index (χ2v) is 2.88. The third-order valence-electron chi connectivity index (χ3n) is 1.43. The lowest BCUT2D eigenvalue weighted by atomic mass is 10.1. The Morgan fingerprint density at radius 3 is 2.82 bits per heavy atom. The summed E-state index contributed by atoms with van der Waals surface area (Å²) in [6.07, 6.45) is 1.81. The van der Waals surface area contributed by atoms with E-state index in [0.29, 0.717) is 5.75 Å². The minimum absolute atomic E-state index is 0.311. The Hall–Kier alpha value is -0.760. The van der Waals surface area contributed by atoms with Gasteiger partial charge in [0.15, 0.2) is 0 Å². The zero-order valence-corrected chi connectivity index (χ0v) is 7.80. The van der Waals surface area contributed by atoms with Gasteiger partial charge < -0.3 is 5.11 Å². The zero-order chi connectivity index (χ0) is 8.27. The van der Waals surface area contributed by atoms with E-state index in [-0.39, 0.29) is 0 Å². The molecular formula is C9H9BrO. The monoisotopic (exact) mass is 212 g/mol. The van der Waals surface area contributed by atoms with Crippen molar-refractivity contribution in [2.75, 3.05) is 0 Å². The van der Waals surface area contributed by atoms with Crippen molar-refractivity contribution in [1.82, 2.24) is 0 Å². The first-order chi connectivity index (χ1) is 5.24. The zero-order valence-electron chi connectivity index (χ0n) is 6.21. The summed E-state index contributed by atoms with van der Waals surface area (Å²) in [5, 5.41) is 9.29. The molecule has 1 aromatic rings. The second-order valence-electron chi connectivity index (χ2n) is 2.35. The Kier molecular flexibility index (Phi) is 2.71. The number of hydrogen-bond donors (Lipinski definition) is 1. The fourth-order valence-corrected chi connectivity index (χ4v) is 1.16. The van der Waals surface area contributed by atoms with E-state index >= 15 is 0 Å². The van der Waals surface area contributed by atoms with E-state index in [1.54, 1.807) is 11.1 Å². The molecule has 0 aliphatic carbocycles. The fourth-order valence-electron chi connectivity index (χ4n) is 0.875. The van der Waals surface area contributed by atoms with Crippen LogP contribution in [0.3, 0.4) is 0 Å². The molecule has 0 aliphatic rings. The summed E-state index contributed by atoms with van der Waals surface area (Å²) in [4.78, 5) is 1.72. The molecule has 0 heterocycles. The summed E-state index contributed by atoms with van der Waals surface area (Å²) in [6, 6.07) is 5.49. The van der Waals surface area contributed by atoms with Gasteiger partial charge in [0.1, 0.15) is 5.75 Å². The van der Waals surface area contributed by atoms with Gasteiger partial charge in [-0.05, 0) is 30.1 Å². The Bertz CT molecular complexity index is 279. The number of phenols is 1.